The normalized spacial score (nSPS) is 50.4. The number of aliphatic hydroxyl groups excluding tert-OH is 1. The van der Waals surface area contributed by atoms with Crippen LogP contribution in [0, 0.1) is 17.3 Å². The zero-order chi connectivity index (χ0) is 10.6. The predicted molar refractivity (Wildman–Crippen MR) is 55.8 cm³/mol. The molecule has 80 valence electrons. The third kappa shape index (κ3) is 1.04. The molecule has 0 aromatic rings. The molecule has 2 fully saturated rings. The fourth-order valence-electron chi connectivity index (χ4n) is 3.40. The lowest BCUT2D eigenvalue weighted by atomic mass is 9.61. The average molecular weight is 196 g/mol. The van der Waals surface area contributed by atoms with Crippen LogP contribution in [0.25, 0.3) is 0 Å². The monoisotopic (exact) mass is 196 g/mol. The smallest absolute Gasteiger partial charge is 0.112 e. The van der Waals surface area contributed by atoms with E-state index in [9.17, 15) is 10.2 Å². The van der Waals surface area contributed by atoms with E-state index in [-0.39, 0.29) is 11.3 Å². The Morgan fingerprint density at radius 3 is 2.43 bits per heavy atom. The largest absolute Gasteiger partial charge is 0.389 e. The minimum absolute atomic E-state index is 0.185. The van der Waals surface area contributed by atoms with Crippen molar-refractivity contribution in [1.82, 2.24) is 0 Å². The molecule has 2 heteroatoms. The lowest BCUT2D eigenvalue weighted by molar-refractivity contribution is -0.159. The highest BCUT2D eigenvalue weighted by Crippen LogP contribution is 2.56. The predicted octanol–water partition coefficient (Wildman–Crippen LogP) is 1.72. The van der Waals surface area contributed by atoms with Gasteiger partial charge in [-0.15, -0.1) is 6.58 Å². The second-order valence-corrected chi connectivity index (χ2v) is 5.52. The Hall–Kier alpha value is -0.340. The number of rotatable bonds is 1. The van der Waals surface area contributed by atoms with Crippen LogP contribution in [-0.2, 0) is 0 Å². The highest BCUT2D eigenvalue weighted by Gasteiger charge is 2.58. The van der Waals surface area contributed by atoms with Gasteiger partial charge in [0.25, 0.3) is 0 Å². The highest BCUT2D eigenvalue weighted by atomic mass is 16.3. The zero-order valence-corrected chi connectivity index (χ0v) is 9.03. The first-order valence-corrected chi connectivity index (χ1v) is 5.47. The van der Waals surface area contributed by atoms with Crippen LogP contribution in [0.4, 0.5) is 0 Å². The van der Waals surface area contributed by atoms with Crippen LogP contribution in [0.3, 0.4) is 0 Å². The summed E-state index contributed by atoms with van der Waals surface area (Å²) in [6.45, 7) is 7.79. The van der Waals surface area contributed by atoms with Gasteiger partial charge >= 0.3 is 0 Å². The van der Waals surface area contributed by atoms with E-state index in [0.29, 0.717) is 5.92 Å². The fraction of sp³-hybridized carbons (Fsp3) is 0.833. The second kappa shape index (κ2) is 2.83. The molecule has 0 amide bonds. The standard InChI is InChI=1S/C12H20O2/c1-4-12(14)9-6-5-8(7-9)11(2,3)10(12)13/h4,8-10,13-14H,1,5-7H2,2-3H3/t8-,9+,10+,12-/m1/s1. The SMILES string of the molecule is C=C[C@@]1(O)[C@H]2CC[C@H](C2)C(C)(C)[C@@H]1O. The number of fused-ring (bicyclic) bond motifs is 2. The molecule has 2 aliphatic rings. The first-order valence-electron chi connectivity index (χ1n) is 5.47. The number of hydrogen-bond donors (Lipinski definition) is 2. The van der Waals surface area contributed by atoms with Gasteiger partial charge < -0.3 is 10.2 Å². The van der Waals surface area contributed by atoms with Crippen LogP contribution in [0.5, 0.6) is 0 Å². The van der Waals surface area contributed by atoms with E-state index in [2.05, 4.69) is 20.4 Å². The van der Waals surface area contributed by atoms with Gasteiger partial charge in [0.15, 0.2) is 0 Å². The van der Waals surface area contributed by atoms with Gasteiger partial charge in [0.1, 0.15) is 5.60 Å². The van der Waals surface area contributed by atoms with E-state index in [1.54, 1.807) is 6.08 Å². The summed E-state index contributed by atoms with van der Waals surface area (Å²) >= 11 is 0. The molecule has 4 atom stereocenters. The third-order valence-electron chi connectivity index (χ3n) is 4.61. The van der Waals surface area contributed by atoms with E-state index in [0.717, 1.165) is 19.3 Å². The molecule has 14 heavy (non-hydrogen) atoms. The van der Waals surface area contributed by atoms with Crippen LogP contribution >= 0.6 is 0 Å². The van der Waals surface area contributed by atoms with Crippen molar-refractivity contribution in [1.29, 1.82) is 0 Å². The molecule has 2 nitrogen and oxygen atoms in total. The molecular formula is C12H20O2. The zero-order valence-electron chi connectivity index (χ0n) is 9.03. The van der Waals surface area contributed by atoms with Crippen molar-refractivity contribution in [2.24, 2.45) is 17.3 Å². The van der Waals surface area contributed by atoms with Gasteiger partial charge in [0, 0.05) is 0 Å². The molecule has 0 radical (unpaired) electrons. The first-order chi connectivity index (χ1) is 6.43. The maximum Gasteiger partial charge on any atom is 0.112 e. The quantitative estimate of drug-likeness (QED) is 0.627. The minimum Gasteiger partial charge on any atom is -0.389 e. The van der Waals surface area contributed by atoms with E-state index in [4.69, 9.17) is 0 Å². The highest BCUT2D eigenvalue weighted by molar-refractivity contribution is 5.16. The van der Waals surface area contributed by atoms with Gasteiger partial charge in [0.2, 0.25) is 0 Å². The Morgan fingerprint density at radius 2 is 1.86 bits per heavy atom. The summed E-state index contributed by atoms with van der Waals surface area (Å²) in [4.78, 5) is 0. The summed E-state index contributed by atoms with van der Waals surface area (Å²) in [5.41, 5.74) is -1.24. The summed E-state index contributed by atoms with van der Waals surface area (Å²) in [6.07, 6.45) is 4.07. The molecule has 0 aliphatic heterocycles. The van der Waals surface area contributed by atoms with Crippen molar-refractivity contribution >= 4 is 0 Å². The molecule has 0 aromatic heterocycles. The molecule has 2 aliphatic carbocycles. The summed E-state index contributed by atoms with van der Waals surface area (Å²) in [7, 11) is 0. The molecule has 2 rings (SSSR count). The summed E-state index contributed by atoms with van der Waals surface area (Å²) in [5.74, 6) is 0.774. The summed E-state index contributed by atoms with van der Waals surface area (Å²) < 4.78 is 0. The molecule has 0 saturated heterocycles. The molecule has 0 aromatic carbocycles. The number of hydrogen-bond acceptors (Lipinski definition) is 2. The molecular weight excluding hydrogens is 176 g/mol. The maximum atomic E-state index is 10.4. The second-order valence-electron chi connectivity index (χ2n) is 5.52. The Morgan fingerprint density at radius 1 is 1.29 bits per heavy atom. The van der Waals surface area contributed by atoms with E-state index in [1.807, 2.05) is 0 Å². The van der Waals surface area contributed by atoms with Gasteiger partial charge in [-0.1, -0.05) is 19.9 Å². The van der Waals surface area contributed by atoms with Crippen LogP contribution in [-0.4, -0.2) is 21.9 Å². The molecule has 2 bridgehead atoms. The van der Waals surface area contributed by atoms with Gasteiger partial charge in [0.05, 0.1) is 6.10 Å². The third-order valence-corrected chi connectivity index (χ3v) is 4.61. The molecule has 0 heterocycles. The van der Waals surface area contributed by atoms with Crippen molar-refractivity contribution in [3.63, 3.8) is 0 Å². The van der Waals surface area contributed by atoms with Gasteiger partial charge in [-0.2, -0.15) is 0 Å². The Labute approximate surface area is 85.6 Å². The van der Waals surface area contributed by atoms with Gasteiger partial charge in [-0.3, -0.25) is 0 Å². The Bertz CT molecular complexity index is 259. The van der Waals surface area contributed by atoms with E-state index >= 15 is 0 Å². The minimum atomic E-state index is -1.06. The van der Waals surface area contributed by atoms with Crippen LogP contribution < -0.4 is 0 Å². The van der Waals surface area contributed by atoms with Gasteiger partial charge in [-0.05, 0) is 36.5 Å². The Kier molecular flexibility index (Phi) is 2.06. The molecule has 2 saturated carbocycles. The van der Waals surface area contributed by atoms with Gasteiger partial charge in [-0.25, -0.2) is 0 Å². The molecule has 2 N–H and O–H groups in total. The van der Waals surface area contributed by atoms with Crippen molar-refractivity contribution in [3.05, 3.63) is 12.7 Å². The van der Waals surface area contributed by atoms with Crippen molar-refractivity contribution in [2.75, 3.05) is 0 Å². The maximum absolute atomic E-state index is 10.4. The van der Waals surface area contributed by atoms with Crippen LogP contribution in [0.15, 0.2) is 12.7 Å². The van der Waals surface area contributed by atoms with Crippen molar-refractivity contribution in [2.45, 2.75) is 44.8 Å². The van der Waals surface area contributed by atoms with Crippen molar-refractivity contribution < 1.29 is 10.2 Å². The molecule has 0 unspecified atom stereocenters. The van der Waals surface area contributed by atoms with Crippen LogP contribution in [0.2, 0.25) is 0 Å². The lowest BCUT2D eigenvalue weighted by Gasteiger charge is -2.49. The number of aliphatic hydroxyl groups is 2. The molecule has 0 spiro atoms. The van der Waals surface area contributed by atoms with E-state index < -0.39 is 11.7 Å². The topological polar surface area (TPSA) is 40.5 Å². The average Bonchev–Trinajstić information content (AvgIpc) is 2.61. The summed E-state index contributed by atoms with van der Waals surface area (Å²) in [5, 5.41) is 20.6. The summed E-state index contributed by atoms with van der Waals surface area (Å²) in [6, 6.07) is 0. The van der Waals surface area contributed by atoms with E-state index in [1.165, 1.54) is 0 Å². The van der Waals surface area contributed by atoms with Crippen LogP contribution in [0.1, 0.15) is 33.1 Å². The van der Waals surface area contributed by atoms with Crippen molar-refractivity contribution in [3.8, 4) is 0 Å². The Balaban J connectivity index is 2.41. The lowest BCUT2D eigenvalue weighted by Crippen LogP contribution is -2.57. The fourth-order valence-corrected chi connectivity index (χ4v) is 3.40. The first kappa shape index (κ1) is 10.2.